The largest absolute Gasteiger partial charge is 0.494 e. The third-order valence-corrected chi connectivity index (χ3v) is 5.76. The van der Waals surface area contributed by atoms with Crippen molar-refractivity contribution in [3.05, 3.63) is 73.1 Å². The molecule has 0 fully saturated rings. The number of amides is 2. The second-order valence-electron chi connectivity index (χ2n) is 8.28. The molecular weight excluding hydrogens is 472 g/mol. The number of benzene rings is 2. The zero-order chi connectivity index (χ0) is 26.2. The third-order valence-electron chi connectivity index (χ3n) is 5.76. The number of rotatable bonds is 10. The lowest BCUT2D eigenvalue weighted by Crippen LogP contribution is -2.38. The van der Waals surface area contributed by atoms with Crippen LogP contribution < -0.4 is 15.0 Å². The minimum atomic E-state index is -0.832. The normalized spacial score (nSPS) is 10.6. The predicted molar refractivity (Wildman–Crippen MR) is 141 cm³/mol. The third kappa shape index (κ3) is 6.26. The van der Waals surface area contributed by atoms with Gasteiger partial charge in [0.05, 0.1) is 30.0 Å². The van der Waals surface area contributed by atoms with Gasteiger partial charge in [0.25, 0.3) is 0 Å². The summed E-state index contributed by atoms with van der Waals surface area (Å²) in [6, 6.07) is 18.8. The van der Waals surface area contributed by atoms with Gasteiger partial charge in [0.15, 0.2) is 0 Å². The molecule has 0 bridgehead atoms. The van der Waals surface area contributed by atoms with Crippen molar-refractivity contribution in [2.75, 3.05) is 25.1 Å². The van der Waals surface area contributed by atoms with E-state index in [0.717, 1.165) is 22.1 Å². The highest BCUT2D eigenvalue weighted by Gasteiger charge is 2.16. The van der Waals surface area contributed by atoms with E-state index in [2.05, 4.69) is 10.3 Å². The molecule has 0 aliphatic heterocycles. The number of pyridine rings is 2. The Hall–Kier alpha value is -4.79. The molecule has 9 heteroatoms. The number of carbonyl (C=O) groups is 3. The Morgan fingerprint density at radius 3 is 2.38 bits per heavy atom. The number of carboxylic acids is 1. The molecule has 2 aromatic carbocycles. The van der Waals surface area contributed by atoms with Gasteiger partial charge in [-0.25, -0.2) is 9.78 Å². The lowest BCUT2D eigenvalue weighted by molar-refractivity contribution is -0.137. The highest BCUT2D eigenvalue weighted by molar-refractivity contribution is 6.03. The van der Waals surface area contributed by atoms with Gasteiger partial charge in [-0.05, 0) is 41.8 Å². The highest BCUT2D eigenvalue weighted by Crippen LogP contribution is 2.31. The summed E-state index contributed by atoms with van der Waals surface area (Å²) in [4.78, 5) is 44.1. The van der Waals surface area contributed by atoms with E-state index in [0.29, 0.717) is 42.0 Å². The second-order valence-corrected chi connectivity index (χ2v) is 8.28. The SMILES string of the molecule is CN(C(=O)NCC=O)c1cc(-c2ccc(-c3ccc(OCCCC(=O)O)cc3)cc2)nc2ccncc12. The maximum Gasteiger partial charge on any atom is 0.321 e. The summed E-state index contributed by atoms with van der Waals surface area (Å²) in [5, 5.41) is 12.0. The molecule has 0 aliphatic rings. The van der Waals surface area contributed by atoms with Crippen molar-refractivity contribution in [2.24, 2.45) is 0 Å². The van der Waals surface area contributed by atoms with E-state index in [-0.39, 0.29) is 13.0 Å². The van der Waals surface area contributed by atoms with Crippen molar-refractivity contribution in [2.45, 2.75) is 12.8 Å². The molecule has 0 radical (unpaired) electrons. The number of aliphatic carboxylic acids is 1. The quantitative estimate of drug-likeness (QED) is 0.243. The standard InChI is InChI=1S/C28H26N4O5/c1-32(28(36)30-14-15-33)26-17-25(31-24-12-13-29-18-23(24)26)21-6-4-19(5-7-21)20-8-10-22(11-9-20)37-16-2-3-27(34)35/h4-13,15,17-18H,2-3,14,16H2,1H3,(H,30,36)(H,34,35). The molecule has 9 nitrogen and oxygen atoms in total. The van der Waals surface area contributed by atoms with Gasteiger partial charge >= 0.3 is 12.0 Å². The van der Waals surface area contributed by atoms with Crippen molar-refractivity contribution in [1.29, 1.82) is 0 Å². The number of ether oxygens (including phenoxy) is 1. The molecule has 37 heavy (non-hydrogen) atoms. The van der Waals surface area contributed by atoms with Crippen molar-refractivity contribution < 1.29 is 24.2 Å². The molecule has 0 spiro atoms. The number of carbonyl (C=O) groups excluding carboxylic acids is 2. The number of hydrogen-bond acceptors (Lipinski definition) is 6. The predicted octanol–water partition coefficient (Wildman–Crippen LogP) is 4.55. The van der Waals surface area contributed by atoms with Crippen LogP contribution in [0.1, 0.15) is 12.8 Å². The molecule has 0 atom stereocenters. The molecule has 4 rings (SSSR count). The number of nitrogens with one attached hydrogen (secondary N) is 1. The van der Waals surface area contributed by atoms with Gasteiger partial charge in [-0.1, -0.05) is 36.4 Å². The summed E-state index contributed by atoms with van der Waals surface area (Å²) in [5.74, 6) is -0.143. The van der Waals surface area contributed by atoms with Crippen molar-refractivity contribution >= 4 is 34.9 Å². The summed E-state index contributed by atoms with van der Waals surface area (Å²) in [6.45, 7) is 0.279. The van der Waals surface area contributed by atoms with Crippen LogP contribution in [0.2, 0.25) is 0 Å². The summed E-state index contributed by atoms with van der Waals surface area (Å²) in [6.07, 6.45) is 4.48. The van der Waals surface area contributed by atoms with Gasteiger partial charge < -0.3 is 20.0 Å². The lowest BCUT2D eigenvalue weighted by Gasteiger charge is -2.20. The molecule has 0 unspecified atom stereocenters. The first-order chi connectivity index (χ1) is 18.0. The average Bonchev–Trinajstić information content (AvgIpc) is 2.93. The number of anilines is 1. The number of aromatic nitrogens is 2. The zero-order valence-electron chi connectivity index (χ0n) is 20.3. The van der Waals surface area contributed by atoms with Crippen molar-refractivity contribution in [1.82, 2.24) is 15.3 Å². The van der Waals surface area contributed by atoms with Gasteiger partial charge in [-0.3, -0.25) is 14.7 Å². The Balaban J connectivity index is 1.55. The van der Waals surface area contributed by atoms with Crippen molar-refractivity contribution in [3.63, 3.8) is 0 Å². The zero-order valence-corrected chi connectivity index (χ0v) is 20.3. The summed E-state index contributed by atoms with van der Waals surface area (Å²) < 4.78 is 5.60. The van der Waals surface area contributed by atoms with Gasteiger partial charge in [-0.15, -0.1) is 0 Å². The Morgan fingerprint density at radius 1 is 1.03 bits per heavy atom. The molecule has 0 aliphatic carbocycles. The number of aldehydes is 1. The smallest absolute Gasteiger partial charge is 0.321 e. The van der Waals surface area contributed by atoms with Crippen LogP contribution in [0.3, 0.4) is 0 Å². The first kappa shape index (κ1) is 25.3. The molecule has 2 N–H and O–H groups in total. The van der Waals surface area contributed by atoms with Crippen LogP contribution in [-0.2, 0) is 9.59 Å². The molecule has 2 heterocycles. The molecule has 0 saturated heterocycles. The molecule has 0 saturated carbocycles. The Kier molecular flexibility index (Phi) is 8.05. The van der Waals surface area contributed by atoms with E-state index >= 15 is 0 Å². The maximum atomic E-state index is 12.5. The fourth-order valence-corrected chi connectivity index (χ4v) is 3.82. The monoisotopic (exact) mass is 498 g/mol. The summed E-state index contributed by atoms with van der Waals surface area (Å²) in [7, 11) is 1.63. The first-order valence-electron chi connectivity index (χ1n) is 11.7. The number of hydrogen-bond donors (Lipinski definition) is 2. The molecule has 2 amide bonds. The van der Waals surface area contributed by atoms with Crippen LogP contribution in [-0.4, -0.2) is 53.6 Å². The van der Waals surface area contributed by atoms with Crippen molar-refractivity contribution in [3.8, 4) is 28.1 Å². The Bertz CT molecular complexity index is 1400. The first-order valence-corrected chi connectivity index (χ1v) is 11.7. The van der Waals surface area contributed by atoms with Crippen LogP contribution in [0.25, 0.3) is 33.3 Å². The second kappa shape index (κ2) is 11.8. The van der Waals surface area contributed by atoms with Gasteiger partial charge in [0.2, 0.25) is 0 Å². The summed E-state index contributed by atoms with van der Waals surface area (Å²) >= 11 is 0. The van der Waals surface area contributed by atoms with Crippen LogP contribution in [0.15, 0.2) is 73.1 Å². The van der Waals surface area contributed by atoms with E-state index in [9.17, 15) is 14.4 Å². The number of carboxylic acid groups (broad SMARTS) is 1. The Morgan fingerprint density at radius 2 is 1.70 bits per heavy atom. The fraction of sp³-hybridized carbons (Fsp3) is 0.179. The van der Waals surface area contributed by atoms with Gasteiger partial charge in [0, 0.05) is 36.8 Å². The number of fused-ring (bicyclic) bond motifs is 1. The Labute approximate surface area is 213 Å². The van der Waals surface area contributed by atoms with Gasteiger partial charge in [0.1, 0.15) is 12.0 Å². The van der Waals surface area contributed by atoms with Gasteiger partial charge in [-0.2, -0.15) is 0 Å². The molecule has 2 aromatic heterocycles. The molecule has 4 aromatic rings. The van der Waals surface area contributed by atoms with E-state index in [1.807, 2.05) is 54.6 Å². The van der Waals surface area contributed by atoms with Crippen LogP contribution in [0, 0.1) is 0 Å². The number of nitrogens with zero attached hydrogens (tertiary/aromatic N) is 3. The number of urea groups is 1. The van der Waals surface area contributed by atoms with E-state index in [1.165, 1.54) is 4.90 Å². The lowest BCUT2D eigenvalue weighted by atomic mass is 10.0. The fourth-order valence-electron chi connectivity index (χ4n) is 3.82. The van der Waals surface area contributed by atoms with Crippen LogP contribution in [0.4, 0.5) is 10.5 Å². The average molecular weight is 499 g/mol. The minimum absolute atomic E-state index is 0.0728. The van der Waals surface area contributed by atoms with E-state index < -0.39 is 12.0 Å². The van der Waals surface area contributed by atoms with E-state index in [1.54, 1.807) is 25.5 Å². The highest BCUT2D eigenvalue weighted by atomic mass is 16.5. The summed E-state index contributed by atoms with van der Waals surface area (Å²) in [5.41, 5.74) is 4.91. The molecular formula is C28H26N4O5. The topological polar surface area (TPSA) is 122 Å². The minimum Gasteiger partial charge on any atom is -0.494 e. The van der Waals surface area contributed by atoms with Crippen LogP contribution in [0.5, 0.6) is 5.75 Å². The van der Waals surface area contributed by atoms with Crippen LogP contribution >= 0.6 is 0 Å². The van der Waals surface area contributed by atoms with E-state index in [4.69, 9.17) is 14.8 Å². The molecule has 188 valence electrons. The maximum absolute atomic E-state index is 12.5.